The second kappa shape index (κ2) is 12.7. The van der Waals surface area contributed by atoms with Crippen LogP contribution in [-0.2, 0) is 22.6 Å². The lowest BCUT2D eigenvalue weighted by Gasteiger charge is -2.27. The minimum atomic E-state index is -0.235. The van der Waals surface area contributed by atoms with E-state index in [-0.39, 0.29) is 25.0 Å². The SMILES string of the molecule is CCCN(CC(=O)N(CCc1ccccc1)Cc1ccco1)C(=O)COc1ccc(Cl)cc1. The monoisotopic (exact) mass is 468 g/mol. The molecule has 0 aliphatic heterocycles. The molecule has 2 aromatic carbocycles. The molecule has 0 fully saturated rings. The Morgan fingerprint density at radius 1 is 0.909 bits per heavy atom. The number of carbonyl (C=O) groups excluding carboxylic acids is 2. The average Bonchev–Trinajstić information content (AvgIpc) is 3.34. The highest BCUT2D eigenvalue weighted by molar-refractivity contribution is 6.30. The van der Waals surface area contributed by atoms with Gasteiger partial charge in [0.2, 0.25) is 5.91 Å². The zero-order valence-electron chi connectivity index (χ0n) is 18.8. The third kappa shape index (κ3) is 7.99. The first-order chi connectivity index (χ1) is 16.0. The van der Waals surface area contributed by atoms with Crippen molar-refractivity contribution in [1.29, 1.82) is 0 Å². The van der Waals surface area contributed by atoms with E-state index in [1.165, 1.54) is 0 Å². The van der Waals surface area contributed by atoms with E-state index in [4.69, 9.17) is 20.8 Å². The molecule has 1 aromatic heterocycles. The summed E-state index contributed by atoms with van der Waals surface area (Å²) in [5.74, 6) is 0.894. The van der Waals surface area contributed by atoms with Crippen LogP contribution in [0.15, 0.2) is 77.4 Å². The average molecular weight is 469 g/mol. The molecular weight excluding hydrogens is 440 g/mol. The smallest absolute Gasteiger partial charge is 0.260 e. The van der Waals surface area contributed by atoms with E-state index in [0.717, 1.165) is 12.0 Å². The van der Waals surface area contributed by atoms with Crippen LogP contribution in [0.25, 0.3) is 0 Å². The van der Waals surface area contributed by atoms with Crippen molar-refractivity contribution >= 4 is 23.4 Å². The number of nitrogens with zero attached hydrogens (tertiary/aromatic N) is 2. The van der Waals surface area contributed by atoms with Gasteiger partial charge in [0.1, 0.15) is 11.5 Å². The van der Waals surface area contributed by atoms with E-state index in [0.29, 0.717) is 42.6 Å². The maximum absolute atomic E-state index is 13.2. The van der Waals surface area contributed by atoms with E-state index in [1.54, 1.807) is 46.4 Å². The molecule has 0 saturated carbocycles. The Labute approximate surface area is 199 Å². The van der Waals surface area contributed by atoms with Gasteiger partial charge in [-0.05, 0) is 54.8 Å². The molecule has 0 unspecified atom stereocenters. The molecule has 7 heteroatoms. The fraction of sp³-hybridized carbons (Fsp3) is 0.308. The summed E-state index contributed by atoms with van der Waals surface area (Å²) in [6, 6.07) is 20.5. The van der Waals surface area contributed by atoms with Gasteiger partial charge in [-0.2, -0.15) is 0 Å². The summed E-state index contributed by atoms with van der Waals surface area (Å²) in [6.45, 7) is 3.18. The van der Waals surface area contributed by atoms with Crippen molar-refractivity contribution in [2.45, 2.75) is 26.3 Å². The van der Waals surface area contributed by atoms with Crippen LogP contribution < -0.4 is 4.74 Å². The lowest BCUT2D eigenvalue weighted by Crippen LogP contribution is -2.45. The molecular formula is C26H29ClN2O4. The Kier molecular flexibility index (Phi) is 9.39. The fourth-order valence-corrected chi connectivity index (χ4v) is 3.51. The van der Waals surface area contributed by atoms with E-state index >= 15 is 0 Å². The summed E-state index contributed by atoms with van der Waals surface area (Å²) in [5, 5.41) is 0.596. The summed E-state index contributed by atoms with van der Waals surface area (Å²) >= 11 is 5.89. The van der Waals surface area contributed by atoms with Crippen LogP contribution in [-0.4, -0.2) is 47.9 Å². The molecule has 174 valence electrons. The molecule has 3 rings (SSSR count). The molecule has 0 aliphatic rings. The number of amides is 2. The van der Waals surface area contributed by atoms with Gasteiger partial charge in [-0.1, -0.05) is 48.9 Å². The van der Waals surface area contributed by atoms with Crippen LogP contribution in [0.5, 0.6) is 5.75 Å². The molecule has 3 aromatic rings. The van der Waals surface area contributed by atoms with E-state index in [9.17, 15) is 9.59 Å². The normalized spacial score (nSPS) is 10.6. The largest absolute Gasteiger partial charge is 0.484 e. The number of carbonyl (C=O) groups is 2. The van der Waals surface area contributed by atoms with Gasteiger partial charge in [-0.15, -0.1) is 0 Å². The van der Waals surface area contributed by atoms with Gasteiger partial charge in [0.15, 0.2) is 6.61 Å². The summed E-state index contributed by atoms with van der Waals surface area (Å²) < 4.78 is 11.1. The van der Waals surface area contributed by atoms with Crippen LogP contribution in [0.1, 0.15) is 24.7 Å². The highest BCUT2D eigenvalue weighted by Crippen LogP contribution is 2.16. The third-order valence-corrected chi connectivity index (χ3v) is 5.39. The number of rotatable bonds is 12. The van der Waals surface area contributed by atoms with Crippen LogP contribution in [0.4, 0.5) is 0 Å². The van der Waals surface area contributed by atoms with Gasteiger partial charge in [-0.3, -0.25) is 9.59 Å². The summed E-state index contributed by atoms with van der Waals surface area (Å²) in [7, 11) is 0. The number of furan rings is 1. The number of ether oxygens (including phenoxy) is 1. The molecule has 6 nitrogen and oxygen atoms in total. The molecule has 1 heterocycles. The van der Waals surface area contributed by atoms with E-state index in [1.807, 2.05) is 43.3 Å². The number of hydrogen-bond acceptors (Lipinski definition) is 4. The van der Waals surface area contributed by atoms with Gasteiger partial charge < -0.3 is 19.0 Å². The van der Waals surface area contributed by atoms with Crippen molar-refractivity contribution in [2.75, 3.05) is 26.2 Å². The number of benzene rings is 2. The van der Waals surface area contributed by atoms with Crippen molar-refractivity contribution in [2.24, 2.45) is 0 Å². The summed E-state index contributed by atoms with van der Waals surface area (Å²) in [5.41, 5.74) is 1.15. The number of hydrogen-bond donors (Lipinski definition) is 0. The second-order valence-electron chi connectivity index (χ2n) is 7.69. The first-order valence-corrected chi connectivity index (χ1v) is 11.4. The molecule has 0 spiro atoms. The molecule has 2 amide bonds. The summed E-state index contributed by atoms with van der Waals surface area (Å²) in [6.07, 6.45) is 3.05. The highest BCUT2D eigenvalue weighted by atomic mass is 35.5. The van der Waals surface area contributed by atoms with Crippen molar-refractivity contribution in [3.8, 4) is 5.75 Å². The second-order valence-corrected chi connectivity index (χ2v) is 8.12. The number of halogens is 1. The van der Waals surface area contributed by atoms with Gasteiger partial charge >= 0.3 is 0 Å². The predicted molar refractivity (Wildman–Crippen MR) is 128 cm³/mol. The van der Waals surface area contributed by atoms with Crippen molar-refractivity contribution in [3.63, 3.8) is 0 Å². The minimum absolute atomic E-state index is 0.00779. The maximum Gasteiger partial charge on any atom is 0.260 e. The van der Waals surface area contributed by atoms with Crippen LogP contribution >= 0.6 is 11.6 Å². The van der Waals surface area contributed by atoms with E-state index in [2.05, 4.69) is 0 Å². The van der Waals surface area contributed by atoms with Crippen LogP contribution in [0.2, 0.25) is 5.02 Å². The van der Waals surface area contributed by atoms with Crippen LogP contribution in [0.3, 0.4) is 0 Å². The lowest BCUT2D eigenvalue weighted by atomic mass is 10.1. The molecule has 0 aliphatic carbocycles. The Morgan fingerprint density at radius 3 is 2.33 bits per heavy atom. The summed E-state index contributed by atoms with van der Waals surface area (Å²) in [4.78, 5) is 29.3. The standard InChI is InChI=1S/C26H29ClN2O4/c1-2-15-28(26(31)20-33-23-12-10-22(27)11-13-23)19-25(30)29(18-24-9-6-17-32-24)16-14-21-7-4-3-5-8-21/h3-13,17H,2,14-16,18-20H2,1H3. The Balaban J connectivity index is 1.62. The Bertz CT molecular complexity index is 991. The lowest BCUT2D eigenvalue weighted by molar-refractivity contribution is -0.142. The topological polar surface area (TPSA) is 63.0 Å². The Hall–Kier alpha value is -3.25. The molecule has 0 N–H and O–H groups in total. The molecule has 0 saturated heterocycles. The molecule has 0 bridgehead atoms. The maximum atomic E-state index is 13.2. The predicted octanol–water partition coefficient (Wildman–Crippen LogP) is 4.82. The molecule has 0 atom stereocenters. The minimum Gasteiger partial charge on any atom is -0.484 e. The van der Waals surface area contributed by atoms with Crippen molar-refractivity contribution in [1.82, 2.24) is 9.80 Å². The fourth-order valence-electron chi connectivity index (χ4n) is 3.38. The van der Waals surface area contributed by atoms with Gasteiger partial charge in [0.05, 0.1) is 19.4 Å². The third-order valence-electron chi connectivity index (χ3n) is 5.14. The zero-order chi connectivity index (χ0) is 23.5. The van der Waals surface area contributed by atoms with Crippen molar-refractivity contribution in [3.05, 3.63) is 89.3 Å². The quantitative estimate of drug-likeness (QED) is 0.382. The van der Waals surface area contributed by atoms with Crippen LogP contribution in [0, 0.1) is 0 Å². The van der Waals surface area contributed by atoms with Gasteiger partial charge in [0.25, 0.3) is 5.91 Å². The van der Waals surface area contributed by atoms with Gasteiger partial charge in [-0.25, -0.2) is 0 Å². The molecule has 0 radical (unpaired) electrons. The zero-order valence-corrected chi connectivity index (χ0v) is 19.5. The van der Waals surface area contributed by atoms with E-state index < -0.39 is 0 Å². The van der Waals surface area contributed by atoms with Gasteiger partial charge in [0, 0.05) is 18.1 Å². The molecule has 33 heavy (non-hydrogen) atoms. The van der Waals surface area contributed by atoms with Crippen molar-refractivity contribution < 1.29 is 18.7 Å². The Morgan fingerprint density at radius 2 is 1.67 bits per heavy atom. The first kappa shape index (κ1) is 24.4. The first-order valence-electron chi connectivity index (χ1n) is 11.1. The highest BCUT2D eigenvalue weighted by Gasteiger charge is 2.22.